The van der Waals surface area contributed by atoms with Gasteiger partial charge in [-0.05, 0) is 36.6 Å². The molecule has 0 amide bonds. The van der Waals surface area contributed by atoms with E-state index in [-0.39, 0.29) is 5.75 Å². The van der Waals surface area contributed by atoms with Gasteiger partial charge in [0.05, 0.1) is 0 Å². The number of phenols is 1. The lowest BCUT2D eigenvalue weighted by molar-refractivity contribution is 0.431. The summed E-state index contributed by atoms with van der Waals surface area (Å²) in [5.41, 5.74) is 1.93. The zero-order chi connectivity index (χ0) is 9.14. The second kappa shape index (κ2) is 3.57. The van der Waals surface area contributed by atoms with Crippen LogP contribution in [0.5, 0.6) is 5.75 Å². The molecule has 66 valence electrons. The molecule has 0 aliphatic heterocycles. The summed E-state index contributed by atoms with van der Waals surface area (Å²) in [5, 5.41) is 9.08. The van der Waals surface area contributed by atoms with E-state index in [0.29, 0.717) is 0 Å². The Morgan fingerprint density at radius 2 is 2.08 bits per heavy atom. The summed E-state index contributed by atoms with van der Waals surface area (Å²) in [6.07, 6.45) is 1.89. The zero-order valence-corrected chi connectivity index (χ0v) is 7.39. The maximum Gasteiger partial charge on any atom is 0.165 e. The first-order valence-corrected chi connectivity index (χ1v) is 4.13. The predicted molar refractivity (Wildman–Crippen MR) is 46.8 cm³/mol. The molecule has 0 heterocycles. The maximum absolute atomic E-state index is 12.7. The van der Waals surface area contributed by atoms with E-state index in [2.05, 4.69) is 6.92 Å². The van der Waals surface area contributed by atoms with Crippen molar-refractivity contribution in [2.24, 2.45) is 0 Å². The number of aryl methyl sites for hydroxylation is 2. The standard InChI is InChI=1S/C10H13FO/c1-3-4-8-6-10(12)9(11)5-7(8)2/h5-6,12H,3-4H2,1-2H3. The molecule has 0 aromatic heterocycles. The summed E-state index contributed by atoms with van der Waals surface area (Å²) in [7, 11) is 0. The van der Waals surface area contributed by atoms with E-state index in [1.807, 2.05) is 6.92 Å². The lowest BCUT2D eigenvalue weighted by Gasteiger charge is -2.05. The van der Waals surface area contributed by atoms with Gasteiger partial charge in [0.1, 0.15) is 0 Å². The van der Waals surface area contributed by atoms with Gasteiger partial charge in [0.2, 0.25) is 0 Å². The molecule has 1 N–H and O–H groups in total. The molecule has 0 bridgehead atoms. The lowest BCUT2D eigenvalue weighted by Crippen LogP contribution is -1.90. The number of benzene rings is 1. The van der Waals surface area contributed by atoms with Gasteiger partial charge >= 0.3 is 0 Å². The third kappa shape index (κ3) is 1.76. The summed E-state index contributed by atoms with van der Waals surface area (Å²) in [5.74, 6) is -0.781. The van der Waals surface area contributed by atoms with Crippen molar-refractivity contribution in [2.45, 2.75) is 26.7 Å². The van der Waals surface area contributed by atoms with Crippen LogP contribution < -0.4 is 0 Å². The van der Waals surface area contributed by atoms with Crippen LogP contribution >= 0.6 is 0 Å². The Morgan fingerprint density at radius 3 is 2.67 bits per heavy atom. The number of aromatic hydroxyl groups is 1. The quantitative estimate of drug-likeness (QED) is 0.719. The van der Waals surface area contributed by atoms with Gasteiger partial charge in [-0.2, -0.15) is 0 Å². The van der Waals surface area contributed by atoms with Crippen LogP contribution in [0.1, 0.15) is 24.5 Å². The fourth-order valence-electron chi connectivity index (χ4n) is 1.24. The molecule has 0 saturated heterocycles. The van der Waals surface area contributed by atoms with Crippen molar-refractivity contribution >= 4 is 0 Å². The molecule has 2 heteroatoms. The third-order valence-electron chi connectivity index (χ3n) is 1.92. The minimum Gasteiger partial charge on any atom is -0.505 e. The predicted octanol–water partition coefficient (Wildman–Crippen LogP) is 2.79. The van der Waals surface area contributed by atoms with Gasteiger partial charge in [-0.15, -0.1) is 0 Å². The third-order valence-corrected chi connectivity index (χ3v) is 1.92. The first-order valence-electron chi connectivity index (χ1n) is 4.13. The SMILES string of the molecule is CCCc1cc(O)c(F)cc1C. The molecule has 0 saturated carbocycles. The van der Waals surface area contributed by atoms with Crippen molar-refractivity contribution in [3.05, 3.63) is 29.1 Å². The Labute approximate surface area is 71.9 Å². The van der Waals surface area contributed by atoms with Gasteiger partial charge in [0, 0.05) is 0 Å². The second-order valence-corrected chi connectivity index (χ2v) is 2.98. The number of hydrogen-bond donors (Lipinski definition) is 1. The van der Waals surface area contributed by atoms with Crippen molar-refractivity contribution < 1.29 is 9.50 Å². The van der Waals surface area contributed by atoms with Crippen molar-refractivity contribution in [1.29, 1.82) is 0 Å². The van der Waals surface area contributed by atoms with Crippen molar-refractivity contribution in [1.82, 2.24) is 0 Å². The second-order valence-electron chi connectivity index (χ2n) is 2.98. The minimum absolute atomic E-state index is 0.246. The van der Waals surface area contributed by atoms with Gasteiger partial charge in [-0.1, -0.05) is 13.3 Å². The van der Waals surface area contributed by atoms with E-state index in [1.54, 1.807) is 0 Å². The molecule has 0 spiro atoms. The highest BCUT2D eigenvalue weighted by Gasteiger charge is 2.04. The fourth-order valence-corrected chi connectivity index (χ4v) is 1.24. The number of hydrogen-bond acceptors (Lipinski definition) is 1. The van der Waals surface area contributed by atoms with Crippen molar-refractivity contribution in [3.63, 3.8) is 0 Å². The minimum atomic E-state index is -0.535. The highest BCUT2D eigenvalue weighted by molar-refractivity contribution is 5.35. The van der Waals surface area contributed by atoms with Gasteiger partial charge in [-0.3, -0.25) is 0 Å². The molecule has 12 heavy (non-hydrogen) atoms. The van der Waals surface area contributed by atoms with E-state index in [9.17, 15) is 4.39 Å². The summed E-state index contributed by atoms with van der Waals surface area (Å²) in [4.78, 5) is 0. The Hall–Kier alpha value is -1.05. The molecule has 0 aliphatic rings. The van der Waals surface area contributed by atoms with E-state index in [4.69, 9.17) is 5.11 Å². The van der Waals surface area contributed by atoms with Crippen molar-refractivity contribution in [2.75, 3.05) is 0 Å². The van der Waals surface area contributed by atoms with E-state index in [1.165, 1.54) is 12.1 Å². The largest absolute Gasteiger partial charge is 0.505 e. The summed E-state index contributed by atoms with van der Waals surface area (Å²) < 4.78 is 12.7. The normalized spacial score (nSPS) is 10.2. The van der Waals surface area contributed by atoms with Crippen molar-refractivity contribution in [3.8, 4) is 5.75 Å². The van der Waals surface area contributed by atoms with Crippen LogP contribution in [-0.4, -0.2) is 5.11 Å². The molecular weight excluding hydrogens is 155 g/mol. The number of phenolic OH excluding ortho intramolecular Hbond substituents is 1. The zero-order valence-electron chi connectivity index (χ0n) is 7.39. The number of halogens is 1. The topological polar surface area (TPSA) is 20.2 Å². The Bertz CT molecular complexity index is 281. The smallest absolute Gasteiger partial charge is 0.165 e. The molecule has 0 aliphatic carbocycles. The molecule has 0 fully saturated rings. The van der Waals surface area contributed by atoms with Crippen LogP contribution in [0.25, 0.3) is 0 Å². The lowest BCUT2D eigenvalue weighted by atomic mass is 10.0. The van der Waals surface area contributed by atoms with Crippen LogP contribution in [-0.2, 0) is 6.42 Å². The van der Waals surface area contributed by atoms with Gasteiger partial charge in [-0.25, -0.2) is 4.39 Å². The first-order chi connectivity index (χ1) is 5.65. The molecule has 0 unspecified atom stereocenters. The molecule has 1 nitrogen and oxygen atoms in total. The Kier molecular flexibility index (Phi) is 2.69. The van der Waals surface area contributed by atoms with E-state index in [0.717, 1.165) is 24.0 Å². The highest BCUT2D eigenvalue weighted by atomic mass is 19.1. The summed E-state index contributed by atoms with van der Waals surface area (Å²) in [6, 6.07) is 2.88. The Morgan fingerprint density at radius 1 is 1.42 bits per heavy atom. The van der Waals surface area contributed by atoms with E-state index < -0.39 is 5.82 Å². The monoisotopic (exact) mass is 168 g/mol. The van der Waals surface area contributed by atoms with Crippen LogP contribution in [0.15, 0.2) is 12.1 Å². The molecule has 1 aromatic rings. The van der Waals surface area contributed by atoms with E-state index >= 15 is 0 Å². The summed E-state index contributed by atoms with van der Waals surface area (Å²) >= 11 is 0. The van der Waals surface area contributed by atoms with Crippen LogP contribution in [0.2, 0.25) is 0 Å². The van der Waals surface area contributed by atoms with Crippen LogP contribution in [0, 0.1) is 12.7 Å². The molecule has 1 rings (SSSR count). The summed E-state index contributed by atoms with van der Waals surface area (Å²) in [6.45, 7) is 3.91. The van der Waals surface area contributed by atoms with Crippen LogP contribution in [0.3, 0.4) is 0 Å². The molecule has 1 aromatic carbocycles. The maximum atomic E-state index is 12.7. The first kappa shape index (κ1) is 9.04. The van der Waals surface area contributed by atoms with Gasteiger partial charge in [0.25, 0.3) is 0 Å². The Balaban J connectivity index is 3.05. The van der Waals surface area contributed by atoms with Crippen LogP contribution in [0.4, 0.5) is 4.39 Å². The average molecular weight is 168 g/mol. The highest BCUT2D eigenvalue weighted by Crippen LogP contribution is 2.21. The number of rotatable bonds is 2. The molecule has 0 atom stereocenters. The molecule has 0 radical (unpaired) electrons. The average Bonchev–Trinajstić information content (AvgIpc) is 2.01. The van der Waals surface area contributed by atoms with Gasteiger partial charge < -0.3 is 5.11 Å². The molecular formula is C10H13FO. The fraction of sp³-hybridized carbons (Fsp3) is 0.400. The van der Waals surface area contributed by atoms with Gasteiger partial charge in [0.15, 0.2) is 11.6 Å².